The Bertz CT molecular complexity index is 229. The number of hydrogen-bond donors (Lipinski definition) is 1. The third-order valence-electron chi connectivity index (χ3n) is 3.95. The Labute approximate surface area is 80.8 Å². The molecule has 2 rings (SSSR count). The lowest BCUT2D eigenvalue weighted by atomic mass is 9.73. The van der Waals surface area contributed by atoms with Crippen LogP contribution in [0.3, 0.4) is 0 Å². The van der Waals surface area contributed by atoms with Crippen LogP contribution in [0.25, 0.3) is 0 Å². The highest BCUT2D eigenvalue weighted by molar-refractivity contribution is 5.23. The van der Waals surface area contributed by atoms with Crippen molar-refractivity contribution >= 4 is 0 Å². The van der Waals surface area contributed by atoms with Gasteiger partial charge in [-0.15, -0.1) is 0 Å². The van der Waals surface area contributed by atoms with E-state index in [9.17, 15) is 5.11 Å². The fraction of sp³-hybridized carbons (Fsp3) is 0.833. The first-order valence-corrected chi connectivity index (χ1v) is 5.56. The Morgan fingerprint density at radius 1 is 1.46 bits per heavy atom. The predicted molar refractivity (Wildman–Crippen MR) is 54.4 cm³/mol. The highest BCUT2D eigenvalue weighted by atomic mass is 16.3. The summed E-state index contributed by atoms with van der Waals surface area (Å²) < 4.78 is 0. The average Bonchev–Trinajstić information content (AvgIpc) is 2.47. The molecule has 0 amide bonds. The fourth-order valence-electron chi connectivity index (χ4n) is 2.93. The predicted octanol–water partition coefficient (Wildman–Crippen LogP) is 2.89. The van der Waals surface area contributed by atoms with Crippen LogP contribution in [0.1, 0.15) is 46.0 Å². The van der Waals surface area contributed by atoms with Gasteiger partial charge in [-0.3, -0.25) is 0 Å². The summed E-state index contributed by atoms with van der Waals surface area (Å²) in [7, 11) is 0. The van der Waals surface area contributed by atoms with Gasteiger partial charge in [0.25, 0.3) is 0 Å². The zero-order valence-electron chi connectivity index (χ0n) is 8.71. The zero-order valence-corrected chi connectivity index (χ0v) is 8.71. The molecular weight excluding hydrogens is 160 g/mol. The van der Waals surface area contributed by atoms with Crippen LogP contribution in [0.2, 0.25) is 0 Å². The summed E-state index contributed by atoms with van der Waals surface area (Å²) in [4.78, 5) is 0. The molecule has 0 bridgehead atoms. The molecule has 1 nitrogen and oxygen atoms in total. The van der Waals surface area contributed by atoms with E-state index in [2.05, 4.69) is 19.9 Å². The topological polar surface area (TPSA) is 20.2 Å². The van der Waals surface area contributed by atoms with Crippen molar-refractivity contribution in [3.63, 3.8) is 0 Å². The van der Waals surface area contributed by atoms with Crippen molar-refractivity contribution in [1.29, 1.82) is 0 Å². The first-order valence-electron chi connectivity index (χ1n) is 5.56. The van der Waals surface area contributed by atoms with E-state index < -0.39 is 5.60 Å². The quantitative estimate of drug-likeness (QED) is 0.615. The molecule has 13 heavy (non-hydrogen) atoms. The largest absolute Gasteiger partial charge is 0.389 e. The Hall–Kier alpha value is -0.300. The van der Waals surface area contributed by atoms with E-state index in [-0.39, 0.29) is 0 Å². The SMILES string of the molecule is CC(C)C1(O)CC=C2CCCCC21. The Morgan fingerprint density at radius 3 is 2.92 bits per heavy atom. The molecule has 0 saturated heterocycles. The fourth-order valence-corrected chi connectivity index (χ4v) is 2.93. The maximum Gasteiger partial charge on any atom is 0.0769 e. The van der Waals surface area contributed by atoms with Gasteiger partial charge in [-0.25, -0.2) is 0 Å². The minimum atomic E-state index is -0.407. The van der Waals surface area contributed by atoms with Gasteiger partial charge < -0.3 is 5.11 Å². The van der Waals surface area contributed by atoms with Crippen LogP contribution in [0.4, 0.5) is 0 Å². The van der Waals surface area contributed by atoms with Gasteiger partial charge in [0.2, 0.25) is 0 Å². The van der Waals surface area contributed by atoms with E-state index in [0.717, 1.165) is 6.42 Å². The summed E-state index contributed by atoms with van der Waals surface area (Å²) in [6, 6.07) is 0. The third kappa shape index (κ3) is 1.34. The second-order valence-electron chi connectivity index (χ2n) is 4.93. The second kappa shape index (κ2) is 3.13. The molecule has 0 heterocycles. The maximum absolute atomic E-state index is 10.5. The molecular formula is C12H20O. The Morgan fingerprint density at radius 2 is 2.23 bits per heavy atom. The molecule has 2 atom stereocenters. The van der Waals surface area contributed by atoms with Crippen molar-refractivity contribution in [2.45, 2.75) is 51.6 Å². The van der Waals surface area contributed by atoms with Crippen LogP contribution in [0.5, 0.6) is 0 Å². The molecule has 1 heteroatoms. The lowest BCUT2D eigenvalue weighted by Gasteiger charge is -2.37. The third-order valence-corrected chi connectivity index (χ3v) is 3.95. The highest BCUT2D eigenvalue weighted by Crippen LogP contribution is 2.47. The van der Waals surface area contributed by atoms with Crippen molar-refractivity contribution in [2.75, 3.05) is 0 Å². The van der Waals surface area contributed by atoms with E-state index in [1.807, 2.05) is 0 Å². The number of fused-ring (bicyclic) bond motifs is 1. The van der Waals surface area contributed by atoms with Gasteiger partial charge in [0.1, 0.15) is 0 Å². The highest BCUT2D eigenvalue weighted by Gasteiger charge is 2.44. The summed E-state index contributed by atoms with van der Waals surface area (Å²) in [5.74, 6) is 0.880. The van der Waals surface area contributed by atoms with Crippen molar-refractivity contribution in [3.05, 3.63) is 11.6 Å². The molecule has 1 N–H and O–H groups in total. The summed E-state index contributed by atoms with van der Waals surface area (Å²) in [6.45, 7) is 4.29. The van der Waals surface area contributed by atoms with Crippen LogP contribution in [0.15, 0.2) is 11.6 Å². The Balaban J connectivity index is 2.19. The number of aliphatic hydroxyl groups is 1. The van der Waals surface area contributed by atoms with Crippen LogP contribution in [-0.4, -0.2) is 10.7 Å². The van der Waals surface area contributed by atoms with Crippen LogP contribution < -0.4 is 0 Å². The van der Waals surface area contributed by atoms with E-state index in [0.29, 0.717) is 11.8 Å². The van der Waals surface area contributed by atoms with Crippen LogP contribution in [0, 0.1) is 11.8 Å². The number of hydrogen-bond acceptors (Lipinski definition) is 1. The lowest BCUT2D eigenvalue weighted by Crippen LogP contribution is -2.41. The Kier molecular flexibility index (Phi) is 2.23. The van der Waals surface area contributed by atoms with E-state index in [1.54, 1.807) is 5.57 Å². The van der Waals surface area contributed by atoms with Crippen molar-refractivity contribution in [2.24, 2.45) is 11.8 Å². The number of rotatable bonds is 1. The normalized spacial score (nSPS) is 39.1. The van der Waals surface area contributed by atoms with Gasteiger partial charge >= 0.3 is 0 Å². The molecule has 0 aromatic carbocycles. The first-order chi connectivity index (χ1) is 6.14. The van der Waals surface area contributed by atoms with Crippen LogP contribution in [-0.2, 0) is 0 Å². The molecule has 0 radical (unpaired) electrons. The van der Waals surface area contributed by atoms with Gasteiger partial charge in [-0.1, -0.05) is 31.9 Å². The van der Waals surface area contributed by atoms with Gasteiger partial charge in [-0.05, 0) is 31.6 Å². The second-order valence-corrected chi connectivity index (χ2v) is 4.93. The van der Waals surface area contributed by atoms with Crippen molar-refractivity contribution < 1.29 is 5.11 Å². The molecule has 0 aromatic rings. The molecule has 1 fully saturated rings. The first kappa shape index (κ1) is 9.26. The summed E-state index contributed by atoms with van der Waals surface area (Å²) in [6.07, 6.45) is 8.27. The standard InChI is InChI=1S/C12H20O/c1-9(2)12(13)8-7-10-5-3-4-6-11(10)12/h7,9,11,13H,3-6,8H2,1-2H3. The molecule has 0 aromatic heterocycles. The molecule has 1 saturated carbocycles. The van der Waals surface area contributed by atoms with E-state index in [4.69, 9.17) is 0 Å². The molecule has 2 aliphatic carbocycles. The van der Waals surface area contributed by atoms with Crippen molar-refractivity contribution in [3.8, 4) is 0 Å². The van der Waals surface area contributed by atoms with Crippen molar-refractivity contribution in [1.82, 2.24) is 0 Å². The maximum atomic E-state index is 10.5. The molecule has 0 spiro atoms. The minimum absolute atomic E-state index is 0.393. The van der Waals surface area contributed by atoms with Gasteiger partial charge in [0.15, 0.2) is 0 Å². The molecule has 2 unspecified atom stereocenters. The van der Waals surface area contributed by atoms with Crippen LogP contribution >= 0.6 is 0 Å². The lowest BCUT2D eigenvalue weighted by molar-refractivity contribution is -0.0403. The smallest absolute Gasteiger partial charge is 0.0769 e. The summed E-state index contributed by atoms with van der Waals surface area (Å²) >= 11 is 0. The summed E-state index contributed by atoms with van der Waals surface area (Å²) in [5.41, 5.74) is 1.14. The molecule has 2 aliphatic rings. The van der Waals surface area contributed by atoms with Gasteiger partial charge in [0, 0.05) is 5.92 Å². The average molecular weight is 180 g/mol. The summed E-state index contributed by atoms with van der Waals surface area (Å²) in [5, 5.41) is 10.5. The van der Waals surface area contributed by atoms with Gasteiger partial charge in [-0.2, -0.15) is 0 Å². The minimum Gasteiger partial charge on any atom is -0.389 e. The monoisotopic (exact) mass is 180 g/mol. The van der Waals surface area contributed by atoms with E-state index in [1.165, 1.54) is 25.7 Å². The molecule has 0 aliphatic heterocycles. The zero-order chi connectivity index (χ0) is 9.47. The van der Waals surface area contributed by atoms with E-state index >= 15 is 0 Å². The molecule has 74 valence electrons. The van der Waals surface area contributed by atoms with Gasteiger partial charge in [0.05, 0.1) is 5.60 Å².